The minimum atomic E-state index is -4.73. The summed E-state index contributed by atoms with van der Waals surface area (Å²) < 4.78 is 69.9. The van der Waals surface area contributed by atoms with Gasteiger partial charge in [0.25, 0.3) is 0 Å². The molecule has 196 valence electrons. The number of sulfonamides is 1. The summed E-state index contributed by atoms with van der Waals surface area (Å²) in [7, 11) is -3.84. The predicted molar refractivity (Wildman–Crippen MR) is 126 cm³/mol. The molecular formula is C25H29F3N2O5S. The summed E-state index contributed by atoms with van der Waals surface area (Å²) in [5, 5.41) is 9.42. The van der Waals surface area contributed by atoms with Crippen molar-refractivity contribution >= 4 is 16.0 Å². The van der Waals surface area contributed by atoms with E-state index in [4.69, 9.17) is 0 Å². The first-order chi connectivity index (χ1) is 16.8. The molecule has 0 aromatic heterocycles. The maximum Gasteiger partial charge on any atom is 0.573 e. The molecule has 3 unspecified atom stereocenters. The summed E-state index contributed by atoms with van der Waals surface area (Å²) in [5.74, 6) is -1.81. The number of piperazine rings is 1. The molecule has 0 spiro atoms. The van der Waals surface area contributed by atoms with Gasteiger partial charge < -0.3 is 9.84 Å². The number of benzene rings is 2. The highest BCUT2D eigenvalue weighted by atomic mass is 32.2. The van der Waals surface area contributed by atoms with Crippen molar-refractivity contribution in [2.45, 2.75) is 56.5 Å². The molecule has 11 heteroatoms. The zero-order valence-corrected chi connectivity index (χ0v) is 20.8. The van der Waals surface area contributed by atoms with Crippen LogP contribution < -0.4 is 4.74 Å². The fraction of sp³-hybridized carbons (Fsp3) is 0.480. The van der Waals surface area contributed by atoms with Gasteiger partial charge in [-0.05, 0) is 68.0 Å². The van der Waals surface area contributed by atoms with E-state index >= 15 is 0 Å². The second-order valence-electron chi connectivity index (χ2n) is 9.57. The first kappa shape index (κ1) is 26.4. The van der Waals surface area contributed by atoms with Gasteiger partial charge in [0.2, 0.25) is 10.0 Å². The van der Waals surface area contributed by atoms with E-state index in [9.17, 15) is 31.5 Å². The Morgan fingerprint density at radius 2 is 1.69 bits per heavy atom. The highest BCUT2D eigenvalue weighted by molar-refractivity contribution is 7.89. The van der Waals surface area contributed by atoms with E-state index in [-0.39, 0.29) is 29.1 Å². The third-order valence-corrected chi connectivity index (χ3v) is 9.05. The smallest absolute Gasteiger partial charge is 0.481 e. The molecule has 2 aromatic rings. The van der Waals surface area contributed by atoms with Gasteiger partial charge in [-0.1, -0.05) is 24.3 Å². The standard InChI is InChI=1S/C25H29F3N2O5S/c1-16-14-29(11-10-18-6-8-21(9-7-18)35-25(26,27)28)15-17(2)30(16)36(33,34)23-5-3-4-19-12-20(24(31)32)13-22(19)23/h3-9,16-17,20H,10-15H2,1-2H3,(H,31,32). The molecule has 0 radical (unpaired) electrons. The molecule has 2 aromatic carbocycles. The van der Waals surface area contributed by atoms with Gasteiger partial charge in [0, 0.05) is 31.7 Å². The van der Waals surface area contributed by atoms with Crippen LogP contribution in [0.5, 0.6) is 5.75 Å². The van der Waals surface area contributed by atoms with Crippen molar-refractivity contribution in [1.29, 1.82) is 0 Å². The summed E-state index contributed by atoms with van der Waals surface area (Å²) in [6.45, 7) is 5.35. The predicted octanol–water partition coefficient (Wildman–Crippen LogP) is 3.71. The summed E-state index contributed by atoms with van der Waals surface area (Å²) >= 11 is 0. The molecule has 1 N–H and O–H groups in total. The van der Waals surface area contributed by atoms with Crippen LogP contribution in [0.4, 0.5) is 13.2 Å². The van der Waals surface area contributed by atoms with E-state index in [1.807, 2.05) is 13.8 Å². The fourth-order valence-corrected chi connectivity index (χ4v) is 7.45. The monoisotopic (exact) mass is 526 g/mol. The minimum Gasteiger partial charge on any atom is -0.481 e. The Morgan fingerprint density at radius 1 is 1.06 bits per heavy atom. The van der Waals surface area contributed by atoms with Gasteiger partial charge in [0.15, 0.2) is 0 Å². The number of halogens is 3. The number of aliphatic carboxylic acids is 1. The molecule has 4 rings (SSSR count). The van der Waals surface area contributed by atoms with Gasteiger partial charge in [-0.15, -0.1) is 13.2 Å². The van der Waals surface area contributed by atoms with E-state index in [1.165, 1.54) is 16.4 Å². The number of rotatable bonds is 7. The van der Waals surface area contributed by atoms with Crippen molar-refractivity contribution in [3.8, 4) is 5.75 Å². The number of ether oxygens (including phenoxy) is 1. The van der Waals surface area contributed by atoms with Gasteiger partial charge in [0.1, 0.15) is 5.75 Å². The van der Waals surface area contributed by atoms with Crippen LogP contribution in [0.3, 0.4) is 0 Å². The molecular weight excluding hydrogens is 497 g/mol. The Bertz CT molecular complexity index is 1210. The van der Waals surface area contributed by atoms with Crippen molar-refractivity contribution in [3.05, 3.63) is 59.2 Å². The first-order valence-electron chi connectivity index (χ1n) is 11.8. The Labute approximate surface area is 208 Å². The summed E-state index contributed by atoms with van der Waals surface area (Å²) in [5.41, 5.74) is 2.23. The summed E-state index contributed by atoms with van der Waals surface area (Å²) in [6.07, 6.45) is -3.60. The Hall–Kier alpha value is -2.63. The van der Waals surface area contributed by atoms with E-state index in [2.05, 4.69) is 9.64 Å². The quantitative estimate of drug-likeness (QED) is 0.592. The lowest BCUT2D eigenvalue weighted by molar-refractivity contribution is -0.274. The van der Waals surface area contributed by atoms with Gasteiger partial charge in [-0.2, -0.15) is 4.31 Å². The van der Waals surface area contributed by atoms with Gasteiger partial charge in [0.05, 0.1) is 10.8 Å². The number of carboxylic acid groups (broad SMARTS) is 1. The number of nitrogens with zero attached hydrogens (tertiary/aromatic N) is 2. The normalized spacial score (nSPS) is 23.4. The van der Waals surface area contributed by atoms with Crippen LogP contribution in [0, 0.1) is 5.92 Å². The first-order valence-corrected chi connectivity index (χ1v) is 13.2. The fourth-order valence-electron chi connectivity index (χ4n) is 5.37. The lowest BCUT2D eigenvalue weighted by atomic mass is 10.1. The van der Waals surface area contributed by atoms with E-state index in [0.717, 1.165) is 11.1 Å². The Morgan fingerprint density at radius 3 is 2.28 bits per heavy atom. The molecule has 1 fully saturated rings. The van der Waals surface area contributed by atoms with Crippen molar-refractivity contribution < 1.29 is 36.2 Å². The minimum absolute atomic E-state index is 0.192. The Balaban J connectivity index is 1.42. The average Bonchev–Trinajstić information content (AvgIpc) is 3.22. The molecule has 1 aliphatic heterocycles. The lowest BCUT2D eigenvalue weighted by Crippen LogP contribution is -2.58. The average molecular weight is 527 g/mol. The molecule has 0 saturated carbocycles. The molecule has 2 aliphatic rings. The largest absolute Gasteiger partial charge is 0.573 e. The van der Waals surface area contributed by atoms with Crippen LogP contribution in [0.25, 0.3) is 0 Å². The van der Waals surface area contributed by atoms with Crippen molar-refractivity contribution in [2.24, 2.45) is 5.92 Å². The number of hydrogen-bond donors (Lipinski definition) is 1. The van der Waals surface area contributed by atoms with E-state index in [1.54, 1.807) is 30.3 Å². The number of carboxylic acids is 1. The van der Waals surface area contributed by atoms with E-state index in [0.29, 0.717) is 38.0 Å². The summed E-state index contributed by atoms with van der Waals surface area (Å²) in [6, 6.07) is 10.2. The van der Waals surface area contributed by atoms with Crippen molar-refractivity contribution in [3.63, 3.8) is 0 Å². The molecule has 0 bridgehead atoms. The number of fused-ring (bicyclic) bond motifs is 1. The number of hydrogen-bond acceptors (Lipinski definition) is 5. The van der Waals surface area contributed by atoms with Crippen LogP contribution in [0.15, 0.2) is 47.4 Å². The van der Waals surface area contributed by atoms with Gasteiger partial charge in [-0.25, -0.2) is 8.42 Å². The topological polar surface area (TPSA) is 87.2 Å². The summed E-state index contributed by atoms with van der Waals surface area (Å²) in [4.78, 5) is 13.8. The van der Waals surface area contributed by atoms with Crippen molar-refractivity contribution in [1.82, 2.24) is 9.21 Å². The molecule has 7 nitrogen and oxygen atoms in total. The highest BCUT2D eigenvalue weighted by Gasteiger charge is 2.41. The second kappa shape index (κ2) is 10.0. The van der Waals surface area contributed by atoms with Crippen LogP contribution in [-0.2, 0) is 34.1 Å². The second-order valence-corrected chi connectivity index (χ2v) is 11.4. The van der Waals surface area contributed by atoms with Crippen LogP contribution >= 0.6 is 0 Å². The molecule has 0 amide bonds. The van der Waals surface area contributed by atoms with E-state index < -0.39 is 28.3 Å². The third kappa shape index (κ3) is 5.68. The maximum atomic E-state index is 13.7. The van der Waals surface area contributed by atoms with Crippen LogP contribution in [0.2, 0.25) is 0 Å². The molecule has 1 aliphatic carbocycles. The third-order valence-electron chi connectivity index (χ3n) is 6.84. The van der Waals surface area contributed by atoms with Crippen molar-refractivity contribution in [2.75, 3.05) is 19.6 Å². The molecule has 1 heterocycles. The Kier molecular flexibility index (Phi) is 7.36. The van der Waals surface area contributed by atoms with Gasteiger partial charge >= 0.3 is 12.3 Å². The SMILES string of the molecule is CC1CN(CCc2ccc(OC(F)(F)F)cc2)CC(C)N1S(=O)(=O)c1cccc2c1CC(C(=O)O)C2. The molecule has 1 saturated heterocycles. The maximum absolute atomic E-state index is 13.7. The lowest BCUT2D eigenvalue weighted by Gasteiger charge is -2.43. The number of carbonyl (C=O) groups is 1. The number of alkyl halides is 3. The highest BCUT2D eigenvalue weighted by Crippen LogP contribution is 2.35. The zero-order valence-electron chi connectivity index (χ0n) is 20.0. The molecule has 3 atom stereocenters. The molecule has 36 heavy (non-hydrogen) atoms. The van der Waals surface area contributed by atoms with Crippen LogP contribution in [0.1, 0.15) is 30.5 Å². The zero-order chi connectivity index (χ0) is 26.3. The van der Waals surface area contributed by atoms with Crippen LogP contribution in [-0.4, -0.2) is 66.8 Å². The van der Waals surface area contributed by atoms with Gasteiger partial charge in [-0.3, -0.25) is 9.69 Å².